The van der Waals surface area contributed by atoms with Crippen molar-refractivity contribution in [1.82, 2.24) is 5.32 Å². The SMILES string of the molecule is CCC(Cc1ccc2oc(-c3ccccc3C(=O)O)c(Br)c2c1)OC(=O)NCC1(C(=O)O)CCCC1. The minimum Gasteiger partial charge on any atom is -0.481 e. The molecule has 3 N–H and O–H groups in total. The van der Waals surface area contributed by atoms with E-state index >= 15 is 0 Å². The number of nitrogens with one attached hydrogen (secondary N) is 1. The molecule has 1 fully saturated rings. The standard InChI is InChI=1S/C27H28BrNO7/c1-2-17(35-26(34)29-15-27(25(32)33)11-5-6-12-27)13-16-9-10-21-20(14-16)22(28)23(36-21)18-7-3-4-8-19(18)24(30)31/h3-4,7-10,14,17H,2,5-6,11-13,15H2,1H3,(H,29,34)(H,30,31)(H,32,33). The van der Waals surface area contributed by atoms with Gasteiger partial charge in [-0.05, 0) is 59.0 Å². The van der Waals surface area contributed by atoms with Crippen LogP contribution in [0.4, 0.5) is 4.79 Å². The highest BCUT2D eigenvalue weighted by Crippen LogP contribution is 2.40. The largest absolute Gasteiger partial charge is 0.481 e. The molecule has 4 rings (SSSR count). The zero-order chi connectivity index (χ0) is 25.9. The van der Waals surface area contributed by atoms with Crippen molar-refractivity contribution in [2.24, 2.45) is 5.41 Å². The van der Waals surface area contributed by atoms with Gasteiger partial charge in [0.1, 0.15) is 17.4 Å². The van der Waals surface area contributed by atoms with Crippen molar-refractivity contribution in [1.29, 1.82) is 0 Å². The summed E-state index contributed by atoms with van der Waals surface area (Å²) in [6, 6.07) is 12.3. The summed E-state index contributed by atoms with van der Waals surface area (Å²) in [7, 11) is 0. The number of fused-ring (bicyclic) bond motifs is 1. The molecule has 36 heavy (non-hydrogen) atoms. The van der Waals surface area contributed by atoms with E-state index in [1.54, 1.807) is 18.2 Å². The van der Waals surface area contributed by atoms with Gasteiger partial charge in [0.15, 0.2) is 0 Å². The lowest BCUT2D eigenvalue weighted by atomic mass is 9.86. The molecular weight excluding hydrogens is 530 g/mol. The first-order chi connectivity index (χ1) is 17.2. The molecule has 3 aromatic rings. The Hall–Kier alpha value is -3.33. The third-order valence-corrected chi connectivity index (χ3v) is 7.66. The van der Waals surface area contributed by atoms with Crippen molar-refractivity contribution < 1.29 is 33.8 Å². The Kier molecular flexibility index (Phi) is 7.68. The smallest absolute Gasteiger partial charge is 0.407 e. The summed E-state index contributed by atoms with van der Waals surface area (Å²) in [6.07, 6.45) is 2.82. The first kappa shape index (κ1) is 25.8. The van der Waals surface area contributed by atoms with E-state index in [4.69, 9.17) is 9.15 Å². The summed E-state index contributed by atoms with van der Waals surface area (Å²) < 4.78 is 12.2. The van der Waals surface area contributed by atoms with Crippen LogP contribution in [0, 0.1) is 5.41 Å². The van der Waals surface area contributed by atoms with Gasteiger partial charge in [0.05, 0.1) is 15.5 Å². The predicted molar refractivity (Wildman–Crippen MR) is 137 cm³/mol. The summed E-state index contributed by atoms with van der Waals surface area (Å²) in [6.45, 7) is 1.98. The minimum absolute atomic E-state index is 0.0616. The molecule has 1 unspecified atom stereocenters. The molecule has 9 heteroatoms. The maximum absolute atomic E-state index is 12.4. The van der Waals surface area contributed by atoms with Crippen LogP contribution < -0.4 is 5.32 Å². The number of benzene rings is 2. The molecule has 8 nitrogen and oxygen atoms in total. The Morgan fingerprint density at radius 2 is 1.86 bits per heavy atom. The lowest BCUT2D eigenvalue weighted by molar-refractivity contribution is -0.148. The van der Waals surface area contributed by atoms with Crippen LogP contribution in [0.1, 0.15) is 54.9 Å². The predicted octanol–water partition coefficient (Wildman–Crippen LogP) is 6.25. The van der Waals surface area contributed by atoms with E-state index in [0.29, 0.717) is 47.1 Å². The third-order valence-electron chi connectivity index (χ3n) is 6.87. The van der Waals surface area contributed by atoms with E-state index in [-0.39, 0.29) is 12.1 Å². The lowest BCUT2D eigenvalue weighted by Gasteiger charge is -2.24. The van der Waals surface area contributed by atoms with Crippen molar-refractivity contribution in [3.63, 3.8) is 0 Å². The number of carboxylic acids is 2. The Balaban J connectivity index is 1.47. The summed E-state index contributed by atoms with van der Waals surface area (Å²) >= 11 is 3.57. The molecule has 0 aliphatic heterocycles. The fourth-order valence-electron chi connectivity index (χ4n) is 4.77. The van der Waals surface area contributed by atoms with Crippen molar-refractivity contribution >= 4 is 44.9 Å². The molecule has 1 heterocycles. The highest BCUT2D eigenvalue weighted by atomic mass is 79.9. The van der Waals surface area contributed by atoms with Gasteiger partial charge in [0.2, 0.25) is 0 Å². The molecule has 0 bridgehead atoms. The molecule has 1 saturated carbocycles. The number of alkyl carbamates (subject to hydrolysis) is 1. The van der Waals surface area contributed by atoms with E-state index in [1.165, 1.54) is 6.07 Å². The number of rotatable bonds is 9. The van der Waals surface area contributed by atoms with Gasteiger partial charge in [-0.2, -0.15) is 0 Å². The van der Waals surface area contributed by atoms with Crippen molar-refractivity contribution in [3.05, 3.63) is 58.1 Å². The zero-order valence-corrected chi connectivity index (χ0v) is 21.5. The number of carbonyl (C=O) groups excluding carboxylic acids is 1. The van der Waals surface area contributed by atoms with Gasteiger partial charge in [-0.15, -0.1) is 0 Å². The van der Waals surface area contributed by atoms with Gasteiger partial charge in [-0.3, -0.25) is 4.79 Å². The van der Waals surface area contributed by atoms with Crippen LogP contribution in [0.2, 0.25) is 0 Å². The van der Waals surface area contributed by atoms with Crippen LogP contribution in [0.5, 0.6) is 0 Å². The minimum atomic E-state index is -1.04. The quantitative estimate of drug-likeness (QED) is 0.283. The number of halogens is 1. The summed E-state index contributed by atoms with van der Waals surface area (Å²) in [4.78, 5) is 35.8. The molecule has 1 aromatic heterocycles. The maximum atomic E-state index is 12.4. The fourth-order valence-corrected chi connectivity index (χ4v) is 5.37. The molecule has 190 valence electrons. The summed E-state index contributed by atoms with van der Waals surface area (Å²) in [5.74, 6) is -1.49. The van der Waals surface area contributed by atoms with E-state index in [9.17, 15) is 24.6 Å². The number of carbonyl (C=O) groups is 3. The zero-order valence-electron chi connectivity index (χ0n) is 19.9. The number of aliphatic carboxylic acids is 1. The second-order valence-electron chi connectivity index (χ2n) is 9.21. The second kappa shape index (κ2) is 10.7. The number of hydrogen-bond donors (Lipinski definition) is 3. The van der Waals surface area contributed by atoms with Crippen LogP contribution in [-0.2, 0) is 16.0 Å². The van der Waals surface area contributed by atoms with Crippen molar-refractivity contribution in [3.8, 4) is 11.3 Å². The van der Waals surface area contributed by atoms with E-state index in [1.807, 2.05) is 25.1 Å². The molecule has 1 atom stereocenters. The Morgan fingerprint density at radius 3 is 2.53 bits per heavy atom. The van der Waals surface area contributed by atoms with Gasteiger partial charge in [-0.1, -0.05) is 44.0 Å². The van der Waals surface area contributed by atoms with Gasteiger partial charge >= 0.3 is 18.0 Å². The van der Waals surface area contributed by atoms with E-state index in [2.05, 4.69) is 21.2 Å². The molecule has 0 saturated heterocycles. The first-order valence-electron chi connectivity index (χ1n) is 12.0. The van der Waals surface area contributed by atoms with Gasteiger partial charge in [0.25, 0.3) is 0 Å². The van der Waals surface area contributed by atoms with Gasteiger partial charge < -0.3 is 24.7 Å². The molecule has 1 aliphatic carbocycles. The van der Waals surface area contributed by atoms with Crippen LogP contribution in [0.3, 0.4) is 0 Å². The molecule has 0 spiro atoms. The number of aromatic carboxylic acids is 1. The Bertz CT molecular complexity index is 1290. The van der Waals surface area contributed by atoms with Crippen molar-refractivity contribution in [2.45, 2.75) is 51.6 Å². The number of furan rings is 1. The number of carboxylic acid groups (broad SMARTS) is 2. The molecule has 1 aliphatic rings. The van der Waals surface area contributed by atoms with Crippen LogP contribution in [0.25, 0.3) is 22.3 Å². The molecule has 1 amide bonds. The number of amides is 1. The van der Waals surface area contributed by atoms with Crippen LogP contribution in [0.15, 0.2) is 51.4 Å². The number of hydrogen-bond acceptors (Lipinski definition) is 5. The average molecular weight is 558 g/mol. The molecule has 2 aromatic carbocycles. The molecule has 0 radical (unpaired) electrons. The summed E-state index contributed by atoms with van der Waals surface area (Å²) in [5.41, 5.74) is 1.23. The molecular formula is C27H28BrNO7. The lowest BCUT2D eigenvalue weighted by Crippen LogP contribution is -2.42. The third kappa shape index (κ3) is 5.26. The highest BCUT2D eigenvalue weighted by molar-refractivity contribution is 9.10. The monoisotopic (exact) mass is 557 g/mol. The normalized spacial score (nSPS) is 15.5. The Labute approximate surface area is 216 Å². The topological polar surface area (TPSA) is 126 Å². The number of ether oxygens (including phenoxy) is 1. The summed E-state index contributed by atoms with van der Waals surface area (Å²) in [5, 5.41) is 22.6. The first-order valence-corrected chi connectivity index (χ1v) is 12.7. The van der Waals surface area contributed by atoms with E-state index < -0.39 is 29.6 Å². The van der Waals surface area contributed by atoms with Gasteiger partial charge in [-0.25, -0.2) is 9.59 Å². The highest BCUT2D eigenvalue weighted by Gasteiger charge is 2.41. The van der Waals surface area contributed by atoms with Crippen molar-refractivity contribution in [2.75, 3.05) is 6.54 Å². The maximum Gasteiger partial charge on any atom is 0.407 e. The van der Waals surface area contributed by atoms with E-state index in [0.717, 1.165) is 23.8 Å². The Morgan fingerprint density at radius 1 is 1.14 bits per heavy atom. The second-order valence-corrected chi connectivity index (χ2v) is 10.0. The van der Waals surface area contributed by atoms with Crippen LogP contribution in [-0.4, -0.2) is 40.9 Å². The average Bonchev–Trinajstić information content (AvgIpc) is 3.48. The van der Waals surface area contributed by atoms with Crippen LogP contribution >= 0.6 is 15.9 Å². The van der Waals surface area contributed by atoms with Gasteiger partial charge in [0, 0.05) is 23.9 Å². The fraction of sp³-hybridized carbons (Fsp3) is 0.370.